The molecule has 19 heavy (non-hydrogen) atoms. The molecule has 3 rings (SSSR count). The number of aromatic nitrogens is 5. The monoisotopic (exact) mass is 317 g/mol. The molecule has 0 saturated heterocycles. The summed E-state index contributed by atoms with van der Waals surface area (Å²) >= 11 is 3.32. The predicted molar refractivity (Wildman–Crippen MR) is 71.6 cm³/mol. The summed E-state index contributed by atoms with van der Waals surface area (Å²) < 4.78 is 6.52. The van der Waals surface area contributed by atoms with Crippen LogP contribution in [0.25, 0.3) is 11.4 Å². The number of nitrogens with zero attached hydrogens (tertiary/aromatic N) is 4. The maximum Gasteiger partial charge on any atom is 0.219 e. The zero-order valence-corrected chi connectivity index (χ0v) is 11.2. The van der Waals surface area contributed by atoms with Crippen molar-refractivity contribution < 1.29 is 4.74 Å². The Hall–Kier alpha value is -2.28. The Morgan fingerprint density at radius 1 is 1.05 bits per heavy atom. The minimum absolute atomic E-state index is 0.538. The van der Waals surface area contributed by atoms with Gasteiger partial charge in [0.15, 0.2) is 0 Å². The van der Waals surface area contributed by atoms with E-state index in [-0.39, 0.29) is 0 Å². The first-order valence-electron chi connectivity index (χ1n) is 5.44. The van der Waals surface area contributed by atoms with E-state index in [4.69, 9.17) is 4.74 Å². The largest absolute Gasteiger partial charge is 0.439 e. The highest BCUT2D eigenvalue weighted by molar-refractivity contribution is 9.10. The zero-order chi connectivity index (χ0) is 13.1. The molecule has 3 aromatic rings. The topological polar surface area (TPSA) is 76.6 Å². The van der Waals surface area contributed by atoms with E-state index in [1.807, 2.05) is 30.3 Å². The quantitative estimate of drug-likeness (QED) is 0.803. The fourth-order valence-electron chi connectivity index (χ4n) is 1.50. The number of tetrazole rings is 1. The third kappa shape index (κ3) is 2.76. The first-order valence-corrected chi connectivity index (χ1v) is 6.24. The van der Waals surface area contributed by atoms with Crippen LogP contribution in [0.5, 0.6) is 11.6 Å². The third-order valence-corrected chi connectivity index (χ3v) is 2.85. The minimum Gasteiger partial charge on any atom is -0.439 e. The van der Waals surface area contributed by atoms with Crippen LogP contribution in [0.2, 0.25) is 0 Å². The molecule has 0 aliphatic rings. The molecule has 94 valence electrons. The SMILES string of the molecule is Brc1ccc(Oc2ccc(-c3nn[nH]n3)cc2)nc1. The lowest BCUT2D eigenvalue weighted by Gasteiger charge is -2.04. The van der Waals surface area contributed by atoms with Crippen molar-refractivity contribution in [3.63, 3.8) is 0 Å². The lowest BCUT2D eigenvalue weighted by atomic mass is 10.2. The molecule has 6 nitrogen and oxygen atoms in total. The molecule has 0 saturated carbocycles. The molecule has 0 bridgehead atoms. The van der Waals surface area contributed by atoms with Gasteiger partial charge in [-0.25, -0.2) is 4.98 Å². The fraction of sp³-hybridized carbons (Fsp3) is 0. The van der Waals surface area contributed by atoms with Crippen molar-refractivity contribution >= 4 is 15.9 Å². The molecule has 2 heterocycles. The van der Waals surface area contributed by atoms with Gasteiger partial charge in [-0.2, -0.15) is 5.21 Å². The molecule has 0 aliphatic heterocycles. The molecule has 2 aromatic heterocycles. The van der Waals surface area contributed by atoms with Gasteiger partial charge in [-0.3, -0.25) is 0 Å². The molecule has 0 spiro atoms. The van der Waals surface area contributed by atoms with Crippen molar-refractivity contribution in [2.75, 3.05) is 0 Å². The molecular weight excluding hydrogens is 310 g/mol. The van der Waals surface area contributed by atoms with Gasteiger partial charge in [-0.1, -0.05) is 0 Å². The smallest absolute Gasteiger partial charge is 0.219 e. The molecule has 0 unspecified atom stereocenters. The van der Waals surface area contributed by atoms with Gasteiger partial charge in [0.05, 0.1) is 0 Å². The number of benzene rings is 1. The van der Waals surface area contributed by atoms with Crippen molar-refractivity contribution in [1.29, 1.82) is 0 Å². The summed E-state index contributed by atoms with van der Waals surface area (Å²) in [7, 11) is 0. The van der Waals surface area contributed by atoms with Crippen LogP contribution in [0.4, 0.5) is 0 Å². The van der Waals surface area contributed by atoms with Gasteiger partial charge in [0.2, 0.25) is 11.7 Å². The van der Waals surface area contributed by atoms with E-state index in [9.17, 15) is 0 Å². The normalized spacial score (nSPS) is 10.4. The van der Waals surface area contributed by atoms with Gasteiger partial charge in [0, 0.05) is 22.3 Å². The number of halogens is 1. The van der Waals surface area contributed by atoms with E-state index in [1.165, 1.54) is 0 Å². The Bertz CT molecular complexity index is 652. The number of ether oxygens (including phenoxy) is 1. The van der Waals surface area contributed by atoms with Gasteiger partial charge >= 0.3 is 0 Å². The Morgan fingerprint density at radius 3 is 2.53 bits per heavy atom. The summed E-state index contributed by atoms with van der Waals surface area (Å²) in [5.74, 6) is 1.78. The first kappa shape index (κ1) is 11.8. The lowest BCUT2D eigenvalue weighted by molar-refractivity contribution is 0.463. The highest BCUT2D eigenvalue weighted by Crippen LogP contribution is 2.23. The number of H-pyrrole nitrogens is 1. The standard InChI is InChI=1S/C12H8BrN5O/c13-9-3-6-11(14-7-9)19-10-4-1-8(2-5-10)12-15-17-18-16-12/h1-7H,(H,15,16,17,18). The van der Waals surface area contributed by atoms with Crippen LogP contribution in [0.15, 0.2) is 47.1 Å². The molecule has 0 atom stereocenters. The number of rotatable bonds is 3. The van der Waals surface area contributed by atoms with Crippen LogP contribution in [-0.4, -0.2) is 25.6 Å². The number of nitrogens with one attached hydrogen (secondary N) is 1. The summed E-state index contributed by atoms with van der Waals surface area (Å²) in [5.41, 5.74) is 0.866. The van der Waals surface area contributed by atoms with Crippen LogP contribution < -0.4 is 4.74 Å². The van der Waals surface area contributed by atoms with Gasteiger partial charge in [-0.15, -0.1) is 10.2 Å². The molecule has 1 N–H and O–H groups in total. The Balaban J connectivity index is 1.77. The van der Waals surface area contributed by atoms with Gasteiger partial charge in [-0.05, 0) is 51.5 Å². The maximum absolute atomic E-state index is 5.61. The first-order chi connectivity index (χ1) is 9.31. The Morgan fingerprint density at radius 2 is 1.89 bits per heavy atom. The van der Waals surface area contributed by atoms with Crippen molar-refractivity contribution in [3.8, 4) is 23.0 Å². The molecule has 1 aromatic carbocycles. The van der Waals surface area contributed by atoms with Crippen molar-refractivity contribution in [1.82, 2.24) is 25.6 Å². The summed E-state index contributed by atoms with van der Waals surface area (Å²) in [5, 5.41) is 13.7. The second kappa shape index (κ2) is 5.15. The fourth-order valence-corrected chi connectivity index (χ4v) is 1.73. The van der Waals surface area contributed by atoms with E-state index in [1.54, 1.807) is 12.3 Å². The van der Waals surface area contributed by atoms with E-state index >= 15 is 0 Å². The number of pyridine rings is 1. The van der Waals surface area contributed by atoms with Gasteiger partial charge < -0.3 is 4.74 Å². The highest BCUT2D eigenvalue weighted by Gasteiger charge is 2.03. The van der Waals surface area contributed by atoms with Crippen LogP contribution in [-0.2, 0) is 0 Å². The van der Waals surface area contributed by atoms with E-state index < -0.39 is 0 Å². The predicted octanol–water partition coefficient (Wildman–Crippen LogP) is 2.82. The molecule has 0 aliphatic carbocycles. The van der Waals surface area contributed by atoms with Crippen LogP contribution in [0, 0.1) is 0 Å². The molecule has 7 heteroatoms. The van der Waals surface area contributed by atoms with Crippen molar-refractivity contribution in [3.05, 3.63) is 47.1 Å². The minimum atomic E-state index is 0.538. The molecule has 0 amide bonds. The average molecular weight is 318 g/mol. The second-order valence-electron chi connectivity index (χ2n) is 3.68. The second-order valence-corrected chi connectivity index (χ2v) is 4.59. The number of aromatic amines is 1. The summed E-state index contributed by atoms with van der Waals surface area (Å²) in [6.45, 7) is 0. The summed E-state index contributed by atoms with van der Waals surface area (Å²) in [4.78, 5) is 4.14. The summed E-state index contributed by atoms with van der Waals surface area (Å²) in [6, 6.07) is 11.0. The molecule has 0 radical (unpaired) electrons. The highest BCUT2D eigenvalue weighted by atomic mass is 79.9. The summed E-state index contributed by atoms with van der Waals surface area (Å²) in [6.07, 6.45) is 1.68. The van der Waals surface area contributed by atoms with E-state index in [0.717, 1.165) is 10.0 Å². The molecule has 0 fully saturated rings. The van der Waals surface area contributed by atoms with Crippen LogP contribution >= 0.6 is 15.9 Å². The number of hydrogen-bond acceptors (Lipinski definition) is 5. The maximum atomic E-state index is 5.61. The van der Waals surface area contributed by atoms with Crippen molar-refractivity contribution in [2.45, 2.75) is 0 Å². The Kier molecular flexibility index (Phi) is 3.20. The van der Waals surface area contributed by atoms with Gasteiger partial charge in [0.1, 0.15) is 5.75 Å². The van der Waals surface area contributed by atoms with E-state index in [0.29, 0.717) is 17.5 Å². The van der Waals surface area contributed by atoms with Crippen LogP contribution in [0.3, 0.4) is 0 Å². The Labute approximate surface area is 117 Å². The zero-order valence-electron chi connectivity index (χ0n) is 9.62. The van der Waals surface area contributed by atoms with E-state index in [2.05, 4.69) is 41.5 Å². The third-order valence-electron chi connectivity index (χ3n) is 2.38. The van der Waals surface area contributed by atoms with Gasteiger partial charge in [0.25, 0.3) is 0 Å². The number of hydrogen-bond donors (Lipinski definition) is 1. The van der Waals surface area contributed by atoms with Crippen LogP contribution in [0.1, 0.15) is 0 Å². The average Bonchev–Trinajstić information content (AvgIpc) is 2.96. The lowest BCUT2D eigenvalue weighted by Crippen LogP contribution is -1.87. The molecular formula is C12H8BrN5O. The van der Waals surface area contributed by atoms with Crippen molar-refractivity contribution in [2.24, 2.45) is 0 Å².